The number of benzene rings is 2. The molecular formula is C22H19NO3. The molecule has 1 heterocycles. The van der Waals surface area contributed by atoms with E-state index in [1.807, 2.05) is 31.2 Å². The first kappa shape index (κ1) is 15.4. The third kappa shape index (κ3) is 2.22. The number of rotatable bonds is 3. The smallest absolute Gasteiger partial charge is 0.238 e. The van der Waals surface area contributed by atoms with Crippen LogP contribution in [0.25, 0.3) is 0 Å². The maximum Gasteiger partial charge on any atom is 0.238 e. The number of allylic oxidation sites excluding steroid dienone is 2. The van der Waals surface area contributed by atoms with Gasteiger partial charge >= 0.3 is 0 Å². The number of nitrogens with zero attached hydrogens (tertiary/aromatic N) is 1. The molecule has 2 aromatic carbocycles. The summed E-state index contributed by atoms with van der Waals surface area (Å²) in [5.41, 5.74) is 1.80. The number of fused-ring (bicyclic) bond motifs is 5. The van der Waals surface area contributed by atoms with Gasteiger partial charge in [0, 0.05) is 0 Å². The van der Waals surface area contributed by atoms with E-state index < -0.39 is 0 Å². The van der Waals surface area contributed by atoms with Crippen LogP contribution in [0.15, 0.2) is 60.7 Å². The van der Waals surface area contributed by atoms with E-state index in [4.69, 9.17) is 4.74 Å². The van der Waals surface area contributed by atoms with E-state index >= 15 is 0 Å². The summed E-state index contributed by atoms with van der Waals surface area (Å²) in [7, 11) is 0. The van der Waals surface area contributed by atoms with Gasteiger partial charge in [-0.3, -0.25) is 14.5 Å². The number of ether oxygens (including phenoxy) is 1. The summed E-state index contributed by atoms with van der Waals surface area (Å²) in [5.74, 6) is 1.47. The monoisotopic (exact) mass is 345 g/mol. The second kappa shape index (κ2) is 5.56. The predicted octanol–water partition coefficient (Wildman–Crippen LogP) is 4.10. The Labute approximate surface area is 152 Å². The first-order valence-corrected chi connectivity index (χ1v) is 9.02. The van der Waals surface area contributed by atoms with Crippen molar-refractivity contribution in [3.63, 3.8) is 0 Å². The summed E-state index contributed by atoms with van der Waals surface area (Å²) in [6.45, 7) is 2.03. The van der Waals surface area contributed by atoms with E-state index in [2.05, 4.69) is 12.2 Å². The first-order chi connectivity index (χ1) is 12.6. The van der Waals surface area contributed by atoms with E-state index in [-0.39, 0.29) is 35.5 Å². The van der Waals surface area contributed by atoms with Crippen LogP contribution in [0.4, 0.5) is 5.69 Å². The summed E-state index contributed by atoms with van der Waals surface area (Å²) in [5, 5.41) is 0. The van der Waals surface area contributed by atoms with Crippen molar-refractivity contribution in [3.8, 4) is 11.5 Å². The van der Waals surface area contributed by atoms with Gasteiger partial charge in [0.25, 0.3) is 0 Å². The number of carbonyl (C=O) groups excluding carboxylic acids is 2. The molecule has 1 saturated heterocycles. The molecule has 0 radical (unpaired) electrons. The maximum atomic E-state index is 12.8. The minimum atomic E-state index is -0.166. The van der Waals surface area contributed by atoms with Gasteiger partial charge in [-0.15, -0.1) is 0 Å². The Balaban J connectivity index is 1.37. The molecule has 2 aromatic rings. The Morgan fingerprint density at radius 1 is 0.808 bits per heavy atom. The van der Waals surface area contributed by atoms with E-state index in [1.54, 1.807) is 24.3 Å². The lowest BCUT2D eigenvalue weighted by atomic mass is 9.85. The standard InChI is InChI=1S/C22H19NO3/c1-13-2-8-17(9-3-13)26-18-10-6-16(7-11-18)23-21(24)19-14-4-5-15(12-14)20(19)22(23)25/h2-11,14-15,19-20H,12H2,1H3. The highest BCUT2D eigenvalue weighted by molar-refractivity contribution is 6.22. The molecule has 2 aliphatic carbocycles. The van der Waals surface area contributed by atoms with Crippen LogP contribution in [0.5, 0.6) is 11.5 Å². The van der Waals surface area contributed by atoms with Crippen LogP contribution in [0.3, 0.4) is 0 Å². The fourth-order valence-electron chi connectivity index (χ4n) is 4.56. The summed E-state index contributed by atoms with van der Waals surface area (Å²) in [4.78, 5) is 27.0. The molecule has 4 atom stereocenters. The second-order valence-electron chi connectivity index (χ2n) is 7.42. The van der Waals surface area contributed by atoms with Crippen LogP contribution in [-0.4, -0.2) is 11.8 Å². The number of hydrogen-bond donors (Lipinski definition) is 0. The van der Waals surface area contributed by atoms with E-state index in [0.29, 0.717) is 11.4 Å². The summed E-state index contributed by atoms with van der Waals surface area (Å²) in [6.07, 6.45) is 5.17. The van der Waals surface area contributed by atoms with Crippen LogP contribution in [0, 0.1) is 30.6 Å². The average molecular weight is 345 g/mol. The maximum absolute atomic E-state index is 12.8. The van der Waals surface area contributed by atoms with Gasteiger partial charge in [0.1, 0.15) is 11.5 Å². The van der Waals surface area contributed by atoms with Crippen LogP contribution in [-0.2, 0) is 9.59 Å². The zero-order valence-electron chi connectivity index (χ0n) is 14.5. The van der Waals surface area contributed by atoms with Crippen LogP contribution in [0.2, 0.25) is 0 Å². The number of aryl methyl sites for hydroxylation is 1. The predicted molar refractivity (Wildman–Crippen MR) is 97.9 cm³/mol. The third-order valence-corrected chi connectivity index (χ3v) is 5.82. The van der Waals surface area contributed by atoms with Gasteiger partial charge in [0.05, 0.1) is 17.5 Å². The molecule has 4 heteroatoms. The molecule has 0 aromatic heterocycles. The van der Waals surface area contributed by atoms with Gasteiger partial charge in [-0.2, -0.15) is 0 Å². The van der Waals surface area contributed by atoms with Crippen molar-refractivity contribution in [2.24, 2.45) is 23.7 Å². The Bertz CT molecular complexity index is 883. The SMILES string of the molecule is Cc1ccc(Oc2ccc(N3C(=O)C4C5C=CC(C5)C4C3=O)cc2)cc1. The van der Waals surface area contributed by atoms with E-state index in [9.17, 15) is 9.59 Å². The first-order valence-electron chi connectivity index (χ1n) is 9.02. The topological polar surface area (TPSA) is 46.6 Å². The van der Waals surface area contributed by atoms with Gasteiger partial charge in [-0.05, 0) is 61.6 Å². The van der Waals surface area contributed by atoms with Crippen molar-refractivity contribution in [2.45, 2.75) is 13.3 Å². The fraction of sp³-hybridized carbons (Fsp3) is 0.273. The summed E-state index contributed by atoms with van der Waals surface area (Å²) < 4.78 is 5.82. The normalized spacial score (nSPS) is 28.7. The minimum absolute atomic E-state index is 0.0518. The van der Waals surface area contributed by atoms with Gasteiger partial charge in [0.2, 0.25) is 11.8 Å². The van der Waals surface area contributed by atoms with Crippen molar-refractivity contribution < 1.29 is 14.3 Å². The molecule has 130 valence electrons. The zero-order chi connectivity index (χ0) is 17.8. The lowest BCUT2D eigenvalue weighted by Crippen LogP contribution is -2.32. The quantitative estimate of drug-likeness (QED) is 0.621. The van der Waals surface area contributed by atoms with E-state index in [0.717, 1.165) is 12.2 Å². The average Bonchev–Trinajstić information content (AvgIpc) is 3.32. The molecule has 0 spiro atoms. The van der Waals surface area contributed by atoms with Gasteiger partial charge < -0.3 is 4.74 Å². The molecule has 2 bridgehead atoms. The molecule has 26 heavy (non-hydrogen) atoms. The van der Waals surface area contributed by atoms with Gasteiger partial charge in [-0.25, -0.2) is 0 Å². The molecule has 3 aliphatic rings. The molecular weight excluding hydrogens is 326 g/mol. The highest BCUT2D eigenvalue weighted by atomic mass is 16.5. The molecule has 2 fully saturated rings. The highest BCUT2D eigenvalue weighted by Crippen LogP contribution is 2.53. The lowest BCUT2D eigenvalue weighted by Gasteiger charge is -2.17. The van der Waals surface area contributed by atoms with Gasteiger partial charge in [-0.1, -0.05) is 29.8 Å². The minimum Gasteiger partial charge on any atom is -0.457 e. The molecule has 4 nitrogen and oxygen atoms in total. The molecule has 1 saturated carbocycles. The van der Waals surface area contributed by atoms with Gasteiger partial charge in [0.15, 0.2) is 0 Å². The second-order valence-corrected chi connectivity index (χ2v) is 7.42. The lowest BCUT2D eigenvalue weighted by molar-refractivity contribution is -0.123. The van der Waals surface area contributed by atoms with Crippen molar-refractivity contribution in [2.75, 3.05) is 4.90 Å². The Kier molecular flexibility index (Phi) is 3.29. The van der Waals surface area contributed by atoms with Crippen molar-refractivity contribution in [3.05, 3.63) is 66.2 Å². The largest absolute Gasteiger partial charge is 0.457 e. The molecule has 0 N–H and O–H groups in total. The van der Waals surface area contributed by atoms with E-state index in [1.165, 1.54) is 10.5 Å². The number of amides is 2. The Morgan fingerprint density at radius 3 is 1.85 bits per heavy atom. The summed E-state index contributed by atoms with van der Waals surface area (Å²) >= 11 is 0. The van der Waals surface area contributed by atoms with Crippen molar-refractivity contribution >= 4 is 17.5 Å². The third-order valence-electron chi connectivity index (χ3n) is 5.82. The Hall–Kier alpha value is -2.88. The number of hydrogen-bond acceptors (Lipinski definition) is 3. The molecule has 2 amide bonds. The van der Waals surface area contributed by atoms with Crippen molar-refractivity contribution in [1.82, 2.24) is 0 Å². The van der Waals surface area contributed by atoms with Crippen molar-refractivity contribution in [1.29, 1.82) is 0 Å². The van der Waals surface area contributed by atoms with Crippen LogP contribution in [0.1, 0.15) is 12.0 Å². The number of anilines is 1. The Morgan fingerprint density at radius 2 is 1.31 bits per heavy atom. The highest BCUT2D eigenvalue weighted by Gasteiger charge is 2.59. The number of carbonyl (C=O) groups is 2. The summed E-state index contributed by atoms with van der Waals surface area (Å²) in [6, 6.07) is 15.0. The molecule has 1 aliphatic heterocycles. The number of imide groups is 1. The molecule has 4 unspecified atom stereocenters. The molecule has 5 rings (SSSR count). The fourth-order valence-corrected chi connectivity index (χ4v) is 4.56. The van der Waals surface area contributed by atoms with Crippen LogP contribution >= 0.6 is 0 Å². The van der Waals surface area contributed by atoms with Crippen LogP contribution < -0.4 is 9.64 Å². The zero-order valence-corrected chi connectivity index (χ0v) is 14.5.